The molecule has 0 spiro atoms. The monoisotopic (exact) mass is 517 g/mol. The number of esters is 1. The van der Waals surface area contributed by atoms with Gasteiger partial charge in [-0.2, -0.15) is 5.26 Å². The van der Waals surface area contributed by atoms with Crippen LogP contribution in [0.4, 0.5) is 5.00 Å². The number of anilines is 1. The number of carbonyl (C=O) groups is 3. The van der Waals surface area contributed by atoms with Crippen molar-refractivity contribution in [1.82, 2.24) is 0 Å². The minimum absolute atomic E-state index is 0. The van der Waals surface area contributed by atoms with Gasteiger partial charge in [-0.1, -0.05) is 35.6 Å². The van der Waals surface area contributed by atoms with Crippen LogP contribution in [0.2, 0.25) is 0 Å². The molecule has 3 N–H and O–H groups in total. The molecular weight excluding hydrogens is 493 g/mol. The predicted molar refractivity (Wildman–Crippen MR) is 126 cm³/mol. The number of nitrogens with zero attached hydrogens (tertiary/aromatic N) is 1. The minimum Gasteiger partial charge on any atom is -0.870 e. The van der Waals surface area contributed by atoms with E-state index in [4.69, 9.17) is 10.5 Å². The first-order valence-electron chi connectivity index (χ1n) is 10.8. The number of allylic oxidation sites excluding steroid dienone is 1. The van der Waals surface area contributed by atoms with E-state index in [-0.39, 0.29) is 63.7 Å². The predicted octanol–water partition coefficient (Wildman–Crippen LogP) is -0.0820. The molecule has 0 aliphatic heterocycles. The van der Waals surface area contributed by atoms with Gasteiger partial charge < -0.3 is 20.9 Å². The number of nitrogens with two attached hydrogens (primary N) is 1. The Morgan fingerprint density at radius 2 is 1.89 bits per heavy atom. The van der Waals surface area contributed by atoms with Crippen LogP contribution in [0.1, 0.15) is 56.5 Å². The molecule has 1 amide bonds. The zero-order chi connectivity index (χ0) is 24.8. The summed E-state index contributed by atoms with van der Waals surface area (Å²) in [6.07, 6.45) is 4.36. The number of rotatable bonds is 8. The second-order valence-corrected chi connectivity index (χ2v) is 8.83. The molecule has 0 fully saturated rings. The van der Waals surface area contributed by atoms with E-state index in [0.717, 1.165) is 41.3 Å². The van der Waals surface area contributed by atoms with Gasteiger partial charge in [-0.05, 0) is 45.1 Å². The van der Waals surface area contributed by atoms with Gasteiger partial charge in [0.1, 0.15) is 16.6 Å². The van der Waals surface area contributed by atoms with E-state index in [0.29, 0.717) is 22.5 Å². The number of nitrogens with one attached hydrogen (secondary N) is 1. The van der Waals surface area contributed by atoms with E-state index in [1.54, 1.807) is 31.2 Å². The summed E-state index contributed by atoms with van der Waals surface area (Å²) in [7, 11) is 0. The van der Waals surface area contributed by atoms with Gasteiger partial charge in [-0.15, -0.1) is 11.3 Å². The first-order chi connectivity index (χ1) is 16.3. The number of benzene rings is 1. The quantitative estimate of drug-likeness (QED) is 0.0947. The minimum atomic E-state index is -1.21. The Morgan fingerprint density at radius 1 is 1.23 bits per heavy atom. The Bertz CT molecular complexity index is 1240. The summed E-state index contributed by atoms with van der Waals surface area (Å²) in [5.74, 6) is -3.30. The van der Waals surface area contributed by atoms with Crippen molar-refractivity contribution >= 4 is 34.0 Å². The number of ether oxygens (including phenoxy) is 1. The average molecular weight is 518 g/mol. The summed E-state index contributed by atoms with van der Waals surface area (Å²) in [5, 5.41) is 25.5. The maximum atomic E-state index is 13.0. The molecule has 0 atom stereocenters. The number of aryl methyl sites for hydroxylation is 2. The second kappa shape index (κ2) is 13.2. The van der Waals surface area contributed by atoms with Crippen molar-refractivity contribution in [3.05, 3.63) is 74.5 Å². The van der Waals surface area contributed by atoms with Gasteiger partial charge in [0.15, 0.2) is 5.78 Å². The van der Waals surface area contributed by atoms with Crippen LogP contribution in [0.3, 0.4) is 0 Å². The van der Waals surface area contributed by atoms with Gasteiger partial charge in [-0.25, -0.2) is 4.79 Å². The van der Waals surface area contributed by atoms with Crippen LogP contribution in [0.15, 0.2) is 47.4 Å². The second-order valence-electron chi connectivity index (χ2n) is 7.73. The average Bonchev–Trinajstić information content (AvgIpc) is 3.17. The van der Waals surface area contributed by atoms with Crippen LogP contribution in [0.5, 0.6) is 0 Å². The SMILES string of the molecule is CCOC(=O)c1c(NC(=C\C(=O)c2ccc(C)cc2)/C([O-])=C(\C#N)C(N)=O)sc2c1CCCC2.[K+]. The number of amides is 1. The number of hydrogen-bond donors (Lipinski definition) is 2. The normalized spacial score (nSPS) is 13.5. The van der Waals surface area contributed by atoms with Crippen LogP contribution >= 0.6 is 11.3 Å². The standard InChI is InChI=1S/C25H25N3O5S.K/c1-3-33-25(32)21-16-6-4-5-7-20(16)34-24(21)28-18(22(30)17(13-26)23(27)31)12-19(29)15-10-8-14(2)9-11-15;/h8-12,28,30H,3-7H2,1-2H3,(H2,27,31);/q;+1/p-1/b18-12-,22-17-;. The number of primary amides is 1. The Hall–Kier alpha value is -2.26. The number of ketones is 1. The van der Waals surface area contributed by atoms with Gasteiger partial charge in [0.05, 0.1) is 12.2 Å². The molecule has 1 aliphatic carbocycles. The van der Waals surface area contributed by atoms with Crippen LogP contribution in [0.25, 0.3) is 0 Å². The summed E-state index contributed by atoms with van der Waals surface area (Å²) >= 11 is 1.29. The number of hydrogen-bond acceptors (Lipinski definition) is 8. The fourth-order valence-electron chi connectivity index (χ4n) is 3.64. The molecule has 0 radical (unpaired) electrons. The Labute approximate surface area is 250 Å². The van der Waals surface area contributed by atoms with E-state index < -0.39 is 29.0 Å². The maximum Gasteiger partial charge on any atom is 1.00 e. The Kier molecular flexibility index (Phi) is 10.9. The van der Waals surface area contributed by atoms with Gasteiger partial charge in [0.25, 0.3) is 5.91 Å². The van der Waals surface area contributed by atoms with Crippen LogP contribution in [-0.4, -0.2) is 24.3 Å². The van der Waals surface area contributed by atoms with Gasteiger partial charge >= 0.3 is 57.4 Å². The fourth-order valence-corrected chi connectivity index (χ4v) is 4.93. The fraction of sp³-hybridized carbons (Fsp3) is 0.280. The Morgan fingerprint density at radius 3 is 2.49 bits per heavy atom. The topological polar surface area (TPSA) is 145 Å². The van der Waals surface area contributed by atoms with Crippen molar-refractivity contribution in [2.45, 2.75) is 39.5 Å². The van der Waals surface area contributed by atoms with Crippen LogP contribution < -0.4 is 67.5 Å². The molecule has 0 saturated heterocycles. The molecule has 1 aromatic carbocycles. The smallest absolute Gasteiger partial charge is 0.870 e. The van der Waals surface area contributed by atoms with Crippen LogP contribution in [-0.2, 0) is 22.4 Å². The summed E-state index contributed by atoms with van der Waals surface area (Å²) in [6.45, 7) is 3.74. The number of nitriles is 1. The molecule has 176 valence electrons. The molecule has 35 heavy (non-hydrogen) atoms. The molecule has 0 bridgehead atoms. The third-order valence-corrected chi connectivity index (χ3v) is 6.55. The molecule has 1 heterocycles. The van der Waals surface area contributed by atoms with Gasteiger partial charge in [-0.3, -0.25) is 9.59 Å². The Balaban J connectivity index is 0.00000432. The zero-order valence-electron chi connectivity index (χ0n) is 19.9. The largest absolute Gasteiger partial charge is 1.00 e. The maximum absolute atomic E-state index is 13.0. The van der Waals surface area contributed by atoms with Crippen molar-refractivity contribution in [3.8, 4) is 6.07 Å². The molecule has 1 aliphatic rings. The molecule has 8 nitrogen and oxygen atoms in total. The summed E-state index contributed by atoms with van der Waals surface area (Å²) < 4.78 is 5.23. The molecular formula is C25H24KN3O5S. The molecule has 10 heteroatoms. The van der Waals surface area contributed by atoms with Gasteiger partial charge in [0.2, 0.25) is 0 Å². The first-order valence-corrected chi connectivity index (χ1v) is 11.6. The van der Waals surface area contributed by atoms with E-state index in [9.17, 15) is 24.8 Å². The first kappa shape index (κ1) is 29.0. The molecule has 2 aromatic rings. The van der Waals surface area contributed by atoms with E-state index in [2.05, 4.69) is 5.32 Å². The summed E-state index contributed by atoms with van der Waals surface area (Å²) in [6, 6.07) is 8.21. The number of fused-ring (bicyclic) bond motifs is 1. The zero-order valence-corrected chi connectivity index (χ0v) is 23.8. The van der Waals surface area contributed by atoms with E-state index >= 15 is 0 Å². The molecule has 0 unspecified atom stereocenters. The van der Waals surface area contributed by atoms with Crippen molar-refractivity contribution in [1.29, 1.82) is 5.26 Å². The van der Waals surface area contributed by atoms with E-state index in [1.807, 2.05) is 6.92 Å². The molecule has 1 aromatic heterocycles. The summed E-state index contributed by atoms with van der Waals surface area (Å²) in [5.41, 5.74) is 6.47. The third-order valence-electron chi connectivity index (χ3n) is 5.34. The van der Waals surface area contributed by atoms with Gasteiger partial charge in [0, 0.05) is 22.2 Å². The van der Waals surface area contributed by atoms with Crippen molar-refractivity contribution in [2.75, 3.05) is 11.9 Å². The summed E-state index contributed by atoms with van der Waals surface area (Å²) in [4.78, 5) is 38.3. The third kappa shape index (κ3) is 6.91. The molecule has 0 saturated carbocycles. The van der Waals surface area contributed by atoms with Crippen molar-refractivity contribution in [3.63, 3.8) is 0 Å². The van der Waals surface area contributed by atoms with Crippen molar-refractivity contribution < 1.29 is 75.6 Å². The van der Waals surface area contributed by atoms with Crippen molar-refractivity contribution in [2.24, 2.45) is 5.73 Å². The van der Waals surface area contributed by atoms with Crippen LogP contribution in [0, 0.1) is 18.3 Å². The van der Waals surface area contributed by atoms with E-state index in [1.165, 1.54) is 17.4 Å². The number of thiophene rings is 1. The molecule has 3 rings (SSSR count). The number of carbonyl (C=O) groups excluding carboxylic acids is 3.